The van der Waals surface area contributed by atoms with E-state index in [0.29, 0.717) is 11.7 Å². The van der Waals surface area contributed by atoms with Crippen molar-refractivity contribution in [1.29, 1.82) is 0 Å². The van der Waals surface area contributed by atoms with Crippen LogP contribution in [0.2, 0.25) is 0 Å². The van der Waals surface area contributed by atoms with Gasteiger partial charge in [-0.25, -0.2) is 0 Å². The molecule has 1 aliphatic rings. The first-order valence-corrected chi connectivity index (χ1v) is 8.84. The Labute approximate surface area is 130 Å². The monoisotopic (exact) mass is 286 g/mol. The predicted molar refractivity (Wildman–Crippen MR) is 89.6 cm³/mol. The molecule has 0 saturated heterocycles. The lowest BCUT2D eigenvalue weighted by Gasteiger charge is -2.16. The third-order valence-corrected chi connectivity index (χ3v) is 5.10. The first-order chi connectivity index (χ1) is 10.2. The number of ketones is 1. The van der Waals surface area contributed by atoms with Gasteiger partial charge >= 0.3 is 0 Å². The fourth-order valence-corrected chi connectivity index (χ4v) is 3.64. The summed E-state index contributed by atoms with van der Waals surface area (Å²) in [5.41, 5.74) is 0.911. The minimum atomic E-state index is -0.0103. The minimum absolute atomic E-state index is 0.0103. The summed E-state index contributed by atoms with van der Waals surface area (Å²) in [6, 6.07) is 9.94. The van der Waals surface area contributed by atoms with Gasteiger partial charge in [-0.05, 0) is 25.2 Å². The normalized spacial score (nSPS) is 24.0. The van der Waals surface area contributed by atoms with Crippen molar-refractivity contribution in [2.75, 3.05) is 0 Å². The van der Waals surface area contributed by atoms with Crippen molar-refractivity contribution >= 4 is 5.78 Å². The number of hydrogen-bond donors (Lipinski definition) is 0. The van der Waals surface area contributed by atoms with Crippen molar-refractivity contribution in [3.05, 3.63) is 35.9 Å². The van der Waals surface area contributed by atoms with E-state index in [1.165, 1.54) is 44.9 Å². The van der Waals surface area contributed by atoms with Gasteiger partial charge in [-0.1, -0.05) is 82.7 Å². The maximum absolute atomic E-state index is 12.9. The zero-order chi connectivity index (χ0) is 15.1. The molecule has 1 aliphatic carbocycles. The Balaban J connectivity index is 1.97. The van der Waals surface area contributed by atoms with Crippen molar-refractivity contribution in [2.24, 2.45) is 11.3 Å². The Morgan fingerprint density at radius 2 is 1.76 bits per heavy atom. The molecule has 0 spiro atoms. The molecule has 0 bridgehead atoms. The van der Waals surface area contributed by atoms with Crippen LogP contribution in [0.25, 0.3) is 0 Å². The van der Waals surface area contributed by atoms with Crippen LogP contribution in [0.5, 0.6) is 0 Å². The van der Waals surface area contributed by atoms with Crippen LogP contribution in [0, 0.1) is 11.3 Å². The molecule has 0 amide bonds. The van der Waals surface area contributed by atoms with Gasteiger partial charge in [-0.15, -0.1) is 0 Å². The van der Waals surface area contributed by atoms with Gasteiger partial charge in [0.1, 0.15) is 0 Å². The van der Waals surface area contributed by atoms with E-state index in [9.17, 15) is 4.79 Å². The first kappa shape index (κ1) is 16.3. The Hall–Kier alpha value is -1.11. The van der Waals surface area contributed by atoms with Gasteiger partial charge in [0.15, 0.2) is 5.78 Å². The highest BCUT2D eigenvalue weighted by Gasteiger charge is 2.57. The molecule has 0 unspecified atom stereocenters. The summed E-state index contributed by atoms with van der Waals surface area (Å²) in [4.78, 5) is 12.9. The molecule has 0 N–H and O–H groups in total. The summed E-state index contributed by atoms with van der Waals surface area (Å²) >= 11 is 0. The molecule has 1 fully saturated rings. The highest BCUT2D eigenvalue weighted by Crippen LogP contribution is 2.60. The van der Waals surface area contributed by atoms with E-state index in [0.717, 1.165) is 18.4 Å². The van der Waals surface area contributed by atoms with Gasteiger partial charge < -0.3 is 0 Å². The van der Waals surface area contributed by atoms with Crippen LogP contribution in [0.1, 0.15) is 82.0 Å². The van der Waals surface area contributed by atoms with E-state index >= 15 is 0 Å². The zero-order valence-corrected chi connectivity index (χ0v) is 13.7. The Morgan fingerprint density at radius 1 is 1.05 bits per heavy atom. The van der Waals surface area contributed by atoms with Crippen LogP contribution in [0.15, 0.2) is 30.3 Å². The van der Waals surface area contributed by atoms with Gasteiger partial charge in [-0.2, -0.15) is 0 Å². The van der Waals surface area contributed by atoms with Crippen LogP contribution < -0.4 is 0 Å². The lowest BCUT2D eigenvalue weighted by atomic mass is 9.86. The lowest BCUT2D eigenvalue weighted by Crippen LogP contribution is -2.19. The molecule has 1 heteroatoms. The molecule has 2 atom stereocenters. The molecule has 0 aromatic heterocycles. The van der Waals surface area contributed by atoms with Crippen molar-refractivity contribution in [3.8, 4) is 0 Å². The highest BCUT2D eigenvalue weighted by molar-refractivity contribution is 6.02. The fourth-order valence-electron chi connectivity index (χ4n) is 3.64. The average molecular weight is 286 g/mol. The number of Topliss-reactive ketones (excluding diaryl/α,β-unsaturated/α-hetero) is 1. The number of rotatable bonds is 10. The maximum atomic E-state index is 12.9. The average Bonchev–Trinajstić information content (AvgIpc) is 3.24. The largest absolute Gasteiger partial charge is 0.294 e. The van der Waals surface area contributed by atoms with E-state index in [2.05, 4.69) is 13.8 Å². The standard InChI is InChI=1S/C20H30O/c1-3-5-7-11-14-18-16-20(18,15-6-4-2)19(21)17-12-9-8-10-13-17/h8-10,12-13,18H,3-7,11,14-16H2,1-2H3/t18-,20+/m1/s1. The van der Waals surface area contributed by atoms with Crippen LogP contribution in [0.4, 0.5) is 0 Å². The molecule has 1 aromatic rings. The third kappa shape index (κ3) is 3.96. The van der Waals surface area contributed by atoms with E-state index < -0.39 is 0 Å². The van der Waals surface area contributed by atoms with E-state index in [-0.39, 0.29) is 5.41 Å². The van der Waals surface area contributed by atoms with Gasteiger partial charge in [0.05, 0.1) is 0 Å². The van der Waals surface area contributed by atoms with Crippen molar-refractivity contribution in [3.63, 3.8) is 0 Å². The van der Waals surface area contributed by atoms with E-state index in [4.69, 9.17) is 0 Å². The van der Waals surface area contributed by atoms with Crippen molar-refractivity contribution in [1.82, 2.24) is 0 Å². The zero-order valence-electron chi connectivity index (χ0n) is 13.7. The quantitative estimate of drug-likeness (QED) is 0.379. The summed E-state index contributed by atoms with van der Waals surface area (Å²) in [5, 5.41) is 0. The molecule has 0 heterocycles. The first-order valence-electron chi connectivity index (χ1n) is 8.84. The molecule has 116 valence electrons. The van der Waals surface area contributed by atoms with E-state index in [1.807, 2.05) is 30.3 Å². The Bertz CT molecular complexity index is 436. The summed E-state index contributed by atoms with van der Waals surface area (Å²) in [5.74, 6) is 1.06. The number of carbonyl (C=O) groups is 1. The second kappa shape index (κ2) is 7.77. The minimum Gasteiger partial charge on any atom is -0.294 e. The molecular weight excluding hydrogens is 256 g/mol. The van der Waals surface area contributed by atoms with Crippen LogP contribution in [-0.4, -0.2) is 5.78 Å². The van der Waals surface area contributed by atoms with Crippen molar-refractivity contribution < 1.29 is 4.79 Å². The number of unbranched alkanes of at least 4 members (excludes halogenated alkanes) is 4. The topological polar surface area (TPSA) is 17.1 Å². The predicted octanol–water partition coefficient (Wildman–Crippen LogP) is 6.04. The molecule has 21 heavy (non-hydrogen) atoms. The smallest absolute Gasteiger partial charge is 0.169 e. The second-order valence-electron chi connectivity index (χ2n) is 6.71. The van der Waals surface area contributed by atoms with Crippen LogP contribution in [-0.2, 0) is 0 Å². The molecule has 2 rings (SSSR count). The van der Waals surface area contributed by atoms with Gasteiger partial charge in [0, 0.05) is 11.0 Å². The SMILES string of the molecule is CCCCCC[C@@H]1C[C@]1(CCCC)C(=O)c1ccccc1. The fraction of sp³-hybridized carbons (Fsp3) is 0.650. The molecule has 1 saturated carbocycles. The van der Waals surface area contributed by atoms with Crippen LogP contribution in [0.3, 0.4) is 0 Å². The Morgan fingerprint density at radius 3 is 2.43 bits per heavy atom. The molecule has 0 radical (unpaired) electrons. The summed E-state index contributed by atoms with van der Waals surface area (Å²) < 4.78 is 0. The number of carbonyl (C=O) groups excluding carboxylic acids is 1. The Kier molecular flexibility index (Phi) is 6.02. The van der Waals surface area contributed by atoms with Gasteiger partial charge in [0.2, 0.25) is 0 Å². The summed E-state index contributed by atoms with van der Waals surface area (Å²) in [6.45, 7) is 4.47. The molecule has 1 nitrogen and oxygen atoms in total. The molecule has 0 aliphatic heterocycles. The highest BCUT2D eigenvalue weighted by atomic mass is 16.1. The van der Waals surface area contributed by atoms with Crippen molar-refractivity contribution in [2.45, 2.75) is 71.6 Å². The number of benzene rings is 1. The summed E-state index contributed by atoms with van der Waals surface area (Å²) in [7, 11) is 0. The molecule has 1 aromatic carbocycles. The second-order valence-corrected chi connectivity index (χ2v) is 6.71. The lowest BCUT2D eigenvalue weighted by molar-refractivity contribution is 0.0873. The van der Waals surface area contributed by atoms with Gasteiger partial charge in [0.25, 0.3) is 0 Å². The van der Waals surface area contributed by atoms with Crippen LogP contribution >= 0.6 is 0 Å². The third-order valence-electron chi connectivity index (χ3n) is 5.10. The summed E-state index contributed by atoms with van der Waals surface area (Å²) in [6.07, 6.45) is 11.1. The maximum Gasteiger partial charge on any atom is 0.169 e. The molecular formula is C20H30O. The van der Waals surface area contributed by atoms with E-state index in [1.54, 1.807) is 0 Å². The number of hydrogen-bond acceptors (Lipinski definition) is 1. The van der Waals surface area contributed by atoms with Gasteiger partial charge in [-0.3, -0.25) is 4.79 Å².